The molecule has 0 saturated heterocycles. The van der Waals surface area contributed by atoms with E-state index in [-0.39, 0.29) is 0 Å². The van der Waals surface area contributed by atoms with Crippen molar-refractivity contribution in [3.05, 3.63) is 47.4 Å². The minimum atomic E-state index is 0.418. The summed E-state index contributed by atoms with van der Waals surface area (Å²) in [7, 11) is 1.89. The van der Waals surface area contributed by atoms with E-state index in [1.54, 1.807) is 24.4 Å². The summed E-state index contributed by atoms with van der Waals surface area (Å²) in [6.07, 6.45) is 8.11. The van der Waals surface area contributed by atoms with Crippen molar-refractivity contribution in [1.82, 2.24) is 4.98 Å². The number of hydrogen-bond acceptors (Lipinski definition) is 3. The van der Waals surface area contributed by atoms with Crippen molar-refractivity contribution in [3.8, 4) is 0 Å². The molecule has 1 heterocycles. The lowest BCUT2D eigenvalue weighted by molar-refractivity contribution is -0.555. The van der Waals surface area contributed by atoms with Crippen LogP contribution in [0.15, 0.2) is 36.2 Å². The summed E-state index contributed by atoms with van der Waals surface area (Å²) in [5.41, 5.74) is 8.63. The standard InChI is InChI=1S/C13H15ClN4/c1-9(14)3-4-13-12(16)5-10(8-18-13)11(6-15)7-17-2/h3-8,15,17H,1,16H2,2H3/p+1. The maximum atomic E-state index is 7.34. The van der Waals surface area contributed by atoms with Crippen LogP contribution in [0.4, 0.5) is 5.69 Å². The summed E-state index contributed by atoms with van der Waals surface area (Å²) in [6.45, 7) is 3.55. The van der Waals surface area contributed by atoms with Crippen LogP contribution >= 0.6 is 11.6 Å². The second kappa shape index (κ2) is 6.74. The van der Waals surface area contributed by atoms with Crippen LogP contribution in [0.1, 0.15) is 11.3 Å². The van der Waals surface area contributed by atoms with Gasteiger partial charge in [-0.2, -0.15) is 0 Å². The molecule has 0 fully saturated rings. The van der Waals surface area contributed by atoms with Gasteiger partial charge in [0.25, 0.3) is 0 Å². The van der Waals surface area contributed by atoms with E-state index >= 15 is 0 Å². The van der Waals surface area contributed by atoms with Gasteiger partial charge in [-0.15, -0.1) is 0 Å². The van der Waals surface area contributed by atoms with Crippen LogP contribution in [-0.4, -0.2) is 18.2 Å². The highest BCUT2D eigenvalue weighted by molar-refractivity contribution is 6.31. The lowest BCUT2D eigenvalue weighted by Crippen LogP contribution is -2.72. The Morgan fingerprint density at radius 3 is 2.83 bits per heavy atom. The van der Waals surface area contributed by atoms with E-state index in [0.29, 0.717) is 16.4 Å². The second-order valence-corrected chi connectivity index (χ2v) is 4.06. The van der Waals surface area contributed by atoms with Crippen molar-refractivity contribution in [2.75, 3.05) is 12.8 Å². The molecule has 5 heteroatoms. The van der Waals surface area contributed by atoms with E-state index in [2.05, 4.69) is 11.6 Å². The zero-order valence-corrected chi connectivity index (χ0v) is 10.9. The number of nitrogens with one attached hydrogen (secondary N) is 1. The molecule has 0 aliphatic rings. The molecular weight excluding hydrogens is 248 g/mol. The molecule has 0 aromatic carbocycles. The molecule has 0 saturated carbocycles. The Balaban J connectivity index is 3.09. The van der Waals surface area contributed by atoms with E-state index in [4.69, 9.17) is 22.7 Å². The third kappa shape index (κ3) is 3.84. The molecule has 1 aromatic rings. The number of pyridine rings is 1. The molecule has 1 rings (SSSR count). The summed E-state index contributed by atoms with van der Waals surface area (Å²) < 4.78 is 0. The molecule has 0 atom stereocenters. The highest BCUT2D eigenvalue weighted by atomic mass is 35.5. The average Bonchev–Trinajstić information content (AvgIpc) is 2.34. The van der Waals surface area contributed by atoms with Gasteiger partial charge < -0.3 is 16.5 Å². The van der Waals surface area contributed by atoms with Crippen molar-refractivity contribution in [2.24, 2.45) is 0 Å². The highest BCUT2D eigenvalue weighted by Gasteiger charge is 2.04. The van der Waals surface area contributed by atoms with Gasteiger partial charge in [0.05, 0.1) is 24.0 Å². The molecule has 0 radical (unpaired) electrons. The first kappa shape index (κ1) is 14.2. The molecule has 0 aliphatic heterocycles. The number of hydrogen-bond donors (Lipinski definition) is 3. The SMILES string of the molecule is C=C(Cl)C=Cc1ncc(C(C=N)=C[NH2+]C)cc1N. The van der Waals surface area contributed by atoms with Gasteiger partial charge in [-0.3, -0.25) is 4.98 Å². The van der Waals surface area contributed by atoms with Crippen molar-refractivity contribution < 1.29 is 5.32 Å². The Morgan fingerprint density at radius 1 is 1.61 bits per heavy atom. The van der Waals surface area contributed by atoms with Crippen molar-refractivity contribution in [2.45, 2.75) is 0 Å². The topological polar surface area (TPSA) is 79.4 Å². The zero-order valence-electron chi connectivity index (χ0n) is 10.2. The molecule has 0 spiro atoms. The maximum Gasteiger partial charge on any atom is 0.102 e. The molecule has 94 valence electrons. The summed E-state index contributed by atoms with van der Waals surface area (Å²) >= 11 is 5.63. The normalized spacial score (nSPS) is 11.8. The van der Waals surface area contributed by atoms with Crippen LogP contribution in [0.5, 0.6) is 0 Å². The van der Waals surface area contributed by atoms with E-state index in [1.165, 1.54) is 6.21 Å². The number of nitrogen functional groups attached to an aromatic ring is 1. The Labute approximate surface area is 111 Å². The molecule has 0 bridgehead atoms. The lowest BCUT2D eigenvalue weighted by atomic mass is 10.1. The minimum Gasteiger partial charge on any atom is -0.397 e. The zero-order chi connectivity index (χ0) is 13.5. The summed E-state index contributed by atoms with van der Waals surface area (Å²) in [5.74, 6) is 0. The quantitative estimate of drug-likeness (QED) is 0.557. The second-order valence-electron chi connectivity index (χ2n) is 3.58. The smallest absolute Gasteiger partial charge is 0.102 e. The van der Waals surface area contributed by atoms with Gasteiger partial charge >= 0.3 is 0 Å². The van der Waals surface area contributed by atoms with Gasteiger partial charge in [-0.25, -0.2) is 0 Å². The van der Waals surface area contributed by atoms with Gasteiger partial charge in [0, 0.05) is 23.0 Å². The van der Waals surface area contributed by atoms with Gasteiger partial charge in [-0.1, -0.05) is 18.2 Å². The van der Waals surface area contributed by atoms with E-state index in [0.717, 1.165) is 11.1 Å². The van der Waals surface area contributed by atoms with Gasteiger partial charge in [0.1, 0.15) is 6.20 Å². The number of nitrogens with two attached hydrogens (primary N) is 2. The molecule has 4 nitrogen and oxygen atoms in total. The first-order chi connectivity index (χ1) is 8.58. The molecule has 0 unspecified atom stereocenters. The van der Waals surface area contributed by atoms with E-state index < -0.39 is 0 Å². The van der Waals surface area contributed by atoms with Crippen LogP contribution in [0.2, 0.25) is 0 Å². The van der Waals surface area contributed by atoms with Crippen molar-refractivity contribution in [3.63, 3.8) is 0 Å². The monoisotopic (exact) mass is 263 g/mol. The fourth-order valence-electron chi connectivity index (χ4n) is 1.37. The lowest BCUT2D eigenvalue weighted by Gasteiger charge is -2.04. The Bertz CT molecular complexity index is 518. The number of quaternary nitrogens is 1. The van der Waals surface area contributed by atoms with Crippen LogP contribution in [0.3, 0.4) is 0 Å². The number of nitrogens with zero attached hydrogens (tertiary/aromatic N) is 1. The fraction of sp³-hybridized carbons (Fsp3) is 0.0769. The molecule has 0 aliphatic carbocycles. The van der Waals surface area contributed by atoms with Gasteiger partial charge in [0.2, 0.25) is 0 Å². The third-order valence-electron chi connectivity index (χ3n) is 2.21. The first-order valence-corrected chi connectivity index (χ1v) is 5.74. The van der Waals surface area contributed by atoms with Crippen LogP contribution < -0.4 is 11.1 Å². The predicted molar refractivity (Wildman–Crippen MR) is 77.3 cm³/mol. The largest absolute Gasteiger partial charge is 0.397 e. The highest BCUT2D eigenvalue weighted by Crippen LogP contribution is 2.18. The Morgan fingerprint density at radius 2 is 2.33 bits per heavy atom. The molecule has 1 aromatic heterocycles. The van der Waals surface area contributed by atoms with Crippen LogP contribution in [-0.2, 0) is 0 Å². The number of rotatable bonds is 5. The van der Waals surface area contributed by atoms with Crippen LogP contribution in [0, 0.1) is 5.41 Å². The number of allylic oxidation sites excluding steroid dienone is 3. The third-order valence-corrected chi connectivity index (χ3v) is 2.33. The molecular formula is C13H16ClN4+. The number of anilines is 1. The van der Waals surface area contributed by atoms with E-state index in [1.807, 2.05) is 18.6 Å². The Hall–Kier alpha value is -1.91. The fourth-order valence-corrected chi connectivity index (χ4v) is 1.43. The molecule has 5 N–H and O–H groups in total. The van der Waals surface area contributed by atoms with Gasteiger partial charge in [-0.05, 0) is 18.2 Å². The number of aromatic nitrogens is 1. The Kier molecular flexibility index (Phi) is 5.30. The van der Waals surface area contributed by atoms with Crippen molar-refractivity contribution in [1.29, 1.82) is 5.41 Å². The van der Waals surface area contributed by atoms with Crippen LogP contribution in [0.25, 0.3) is 11.6 Å². The summed E-state index contributed by atoms with van der Waals surface area (Å²) in [5, 5.41) is 9.62. The van der Waals surface area contributed by atoms with E-state index in [9.17, 15) is 0 Å². The summed E-state index contributed by atoms with van der Waals surface area (Å²) in [6, 6.07) is 1.78. The van der Waals surface area contributed by atoms with Gasteiger partial charge in [0.15, 0.2) is 0 Å². The minimum absolute atomic E-state index is 0.418. The number of halogens is 1. The van der Waals surface area contributed by atoms with Crippen molar-refractivity contribution >= 4 is 35.2 Å². The predicted octanol–water partition coefficient (Wildman–Crippen LogP) is 1.61. The summed E-state index contributed by atoms with van der Waals surface area (Å²) in [4.78, 5) is 4.23. The molecule has 18 heavy (non-hydrogen) atoms. The maximum absolute atomic E-state index is 7.34. The first-order valence-electron chi connectivity index (χ1n) is 5.37. The average molecular weight is 264 g/mol. The molecule has 0 amide bonds.